The third-order valence-electron chi connectivity index (χ3n) is 14.6. The van der Waals surface area contributed by atoms with Gasteiger partial charge >= 0.3 is 264 Å². The van der Waals surface area contributed by atoms with Crippen molar-refractivity contribution in [1.29, 1.82) is 0 Å². The van der Waals surface area contributed by atoms with Crippen LogP contribution in [0.15, 0.2) is 185 Å². The number of halogens is 2. The fourth-order valence-corrected chi connectivity index (χ4v) is 77.2. The first-order valence-corrected chi connectivity index (χ1v) is 40.5. The van der Waals surface area contributed by atoms with Gasteiger partial charge in [0.15, 0.2) is 0 Å². The van der Waals surface area contributed by atoms with Crippen LogP contribution >= 0.6 is 24.8 Å². The fraction of sp³-hybridized carbons (Fsp3) is 0.0476. The Balaban J connectivity index is 0.00000193. The third kappa shape index (κ3) is 3.03. The van der Waals surface area contributed by atoms with E-state index in [2.05, 4.69) is 182 Å². The first-order valence-electron chi connectivity index (χ1n) is 16.4. The molecule has 0 nitrogen and oxygen atoms in total. The first-order chi connectivity index (χ1) is 21.8. The van der Waals surface area contributed by atoms with Crippen LogP contribution in [-0.4, -0.2) is 14.7 Å². The van der Waals surface area contributed by atoms with Crippen molar-refractivity contribution in [2.24, 2.45) is 0 Å². The Morgan fingerprint density at radius 2 is 0.872 bits per heavy atom. The topological polar surface area (TPSA) is 0 Å². The number of hydrogen-bond acceptors (Lipinski definition) is 0. The molecule has 0 aliphatic heterocycles. The van der Waals surface area contributed by atoms with Gasteiger partial charge in [0.2, 0.25) is 0 Å². The van der Waals surface area contributed by atoms with Crippen LogP contribution in [0.3, 0.4) is 0 Å². The van der Waals surface area contributed by atoms with Gasteiger partial charge in [-0.15, -0.1) is 24.8 Å². The van der Waals surface area contributed by atoms with Crippen LogP contribution in [0.2, 0.25) is 0 Å². The quantitative estimate of drug-likeness (QED) is 0.190. The Labute approximate surface area is 286 Å². The molecule has 8 rings (SSSR count). The van der Waals surface area contributed by atoms with E-state index in [4.69, 9.17) is 0 Å². The van der Waals surface area contributed by atoms with E-state index in [-0.39, 0.29) is 24.8 Å². The van der Waals surface area contributed by atoms with E-state index in [9.17, 15) is 0 Å². The second-order valence-corrected chi connectivity index (χ2v) is 110. The van der Waals surface area contributed by atoms with Gasteiger partial charge in [0.05, 0.1) is 0 Å². The summed E-state index contributed by atoms with van der Waals surface area (Å²) >= 11 is -6.96. The van der Waals surface area contributed by atoms with Crippen molar-refractivity contribution in [3.8, 4) is 11.1 Å². The molecule has 0 radical (unpaired) electrons. The molecule has 0 bridgehead atoms. The van der Waals surface area contributed by atoms with Crippen LogP contribution < -0.4 is 16.4 Å². The second-order valence-electron chi connectivity index (χ2n) is 15.8. The van der Waals surface area contributed by atoms with Crippen LogP contribution in [0, 0.1) is 0 Å². The van der Waals surface area contributed by atoms with E-state index in [0.29, 0.717) is 0 Å². The Bertz CT molecular complexity index is 2080. The van der Waals surface area contributed by atoms with Gasteiger partial charge in [-0.05, 0) is 0 Å². The van der Waals surface area contributed by atoms with Gasteiger partial charge in [0, 0.05) is 0 Å². The van der Waals surface area contributed by atoms with Gasteiger partial charge in [-0.2, -0.15) is 0 Å². The molecule has 236 valence electrons. The van der Waals surface area contributed by atoms with E-state index in [0.717, 1.165) is 27.6 Å². The molecule has 0 N–H and O–H groups in total. The standard InChI is InChI=1S/C13H9.4C6H5.C5H5.2ClH.2H3Si.Zr/c1-3-7-12-10(5-1)9-11-6-2-4-8-13(11)12;4*1-2-4-6-5-3-1;1-2-4-5-3-1;;;;;/h1-5,7-8H,9H2;4*1-5H;1-3H,4H2;2*1H;2*1H3;. The van der Waals surface area contributed by atoms with Gasteiger partial charge in [-0.25, -0.2) is 0 Å². The summed E-state index contributed by atoms with van der Waals surface area (Å²) in [5, 5.41) is 0. The van der Waals surface area contributed by atoms with Gasteiger partial charge in [0.25, 0.3) is 0 Å². The van der Waals surface area contributed by atoms with Crippen LogP contribution in [0.1, 0.15) is 17.5 Å². The minimum absolute atomic E-state index is 0. The Morgan fingerprint density at radius 3 is 1.32 bits per heavy atom. The summed E-state index contributed by atoms with van der Waals surface area (Å²) in [5.74, 6) is 0. The summed E-state index contributed by atoms with van der Waals surface area (Å²) in [6, 6.07) is 64.0. The normalized spacial score (nSPS) is 16.6. The SMILES string of the molecule is Cl.Cl.[SiH3][Zr]([SiH3])([C]1=CC=CC1)([c]1ccccc1)([c]1ccccc1)([c]1ccccc1)([c]1ccccc1)[c]1cccc2c1Cc1ccccc1-2. The minimum atomic E-state index is -6.96. The van der Waals surface area contributed by atoms with Crippen LogP contribution in [0.5, 0.6) is 0 Å². The van der Waals surface area contributed by atoms with Crippen molar-refractivity contribution in [1.82, 2.24) is 0 Å². The molecule has 6 aromatic rings. The van der Waals surface area contributed by atoms with Crippen LogP contribution in [-0.2, 0) is 19.1 Å². The zero-order valence-electron chi connectivity index (χ0n) is 27.1. The average molecular weight is 765 g/mol. The molecular formula is C42H42Cl2Si2Zr. The van der Waals surface area contributed by atoms with Gasteiger partial charge in [-0.1, -0.05) is 0 Å². The Morgan fingerprint density at radius 1 is 0.447 bits per heavy atom. The summed E-state index contributed by atoms with van der Waals surface area (Å²) in [5.41, 5.74) is 5.70. The number of benzene rings is 6. The number of hydrogen-bond donors (Lipinski definition) is 0. The predicted molar refractivity (Wildman–Crippen MR) is 215 cm³/mol. The molecule has 0 saturated carbocycles. The molecular weight excluding hydrogens is 723 g/mol. The summed E-state index contributed by atoms with van der Waals surface area (Å²) in [4.78, 5) is 0. The summed E-state index contributed by atoms with van der Waals surface area (Å²) < 4.78 is 9.12. The number of fused-ring (bicyclic) bond motifs is 3. The third-order valence-corrected chi connectivity index (χ3v) is 99.8. The zero-order chi connectivity index (χ0) is 30.8. The molecule has 0 saturated heterocycles. The van der Waals surface area contributed by atoms with Crippen molar-refractivity contribution in [3.63, 3.8) is 0 Å². The summed E-state index contributed by atoms with van der Waals surface area (Å²) in [6.07, 6.45) is 9.19. The summed E-state index contributed by atoms with van der Waals surface area (Å²) in [6.45, 7) is 0. The van der Waals surface area contributed by atoms with Crippen molar-refractivity contribution < 1.29 is 12.7 Å². The van der Waals surface area contributed by atoms with Crippen LogP contribution in [0.4, 0.5) is 0 Å². The van der Waals surface area contributed by atoms with Crippen LogP contribution in [0.25, 0.3) is 11.1 Å². The maximum atomic E-state index is 2.59. The predicted octanol–water partition coefficient (Wildman–Crippen LogP) is 5.73. The van der Waals surface area contributed by atoms with Gasteiger partial charge < -0.3 is 0 Å². The van der Waals surface area contributed by atoms with Crippen molar-refractivity contribution in [3.05, 3.63) is 196 Å². The summed E-state index contributed by atoms with van der Waals surface area (Å²) in [7, 11) is 1.71. The molecule has 0 spiro atoms. The molecule has 47 heavy (non-hydrogen) atoms. The molecule has 0 atom stereocenters. The molecule has 6 aromatic carbocycles. The molecule has 2 aliphatic carbocycles. The monoisotopic (exact) mass is 762 g/mol. The van der Waals surface area contributed by atoms with E-state index < -0.39 is 12.7 Å². The van der Waals surface area contributed by atoms with Gasteiger partial charge in [0.1, 0.15) is 0 Å². The Hall–Kier alpha value is -3.30. The van der Waals surface area contributed by atoms with Crippen molar-refractivity contribution in [2.75, 3.05) is 0 Å². The molecule has 0 aromatic heterocycles. The second kappa shape index (κ2) is 9.88. The molecule has 5 heteroatoms. The molecule has 0 unspecified atom stereocenters. The number of allylic oxidation sites excluding steroid dienone is 4. The first kappa shape index (κ1) is 33.6. The van der Waals surface area contributed by atoms with Crippen molar-refractivity contribution in [2.45, 2.75) is 12.8 Å². The van der Waals surface area contributed by atoms with E-state index in [1.165, 1.54) is 35.3 Å². The van der Waals surface area contributed by atoms with E-state index in [1.54, 1.807) is 6.55 Å². The van der Waals surface area contributed by atoms with E-state index in [1.807, 2.05) is 0 Å². The molecule has 2 aliphatic rings. The molecule has 0 fully saturated rings. The van der Waals surface area contributed by atoms with E-state index >= 15 is 0 Å². The maximum absolute atomic E-state index is 6.96. The fourth-order valence-electron chi connectivity index (χ4n) is 11.8. The average Bonchev–Trinajstić information content (AvgIpc) is 3.81. The molecule has 0 amide bonds. The Kier molecular flexibility index (Phi) is 7.06. The number of rotatable bonds is 6. The molecule has 0 heterocycles. The zero-order valence-corrected chi connectivity index (χ0v) is 35.1. The van der Waals surface area contributed by atoms with Gasteiger partial charge in [-0.3, -0.25) is 0 Å². The van der Waals surface area contributed by atoms with Crippen molar-refractivity contribution >= 4 is 55.9 Å².